The summed E-state index contributed by atoms with van der Waals surface area (Å²) < 4.78 is 11.2. The van der Waals surface area contributed by atoms with Crippen molar-refractivity contribution in [3.63, 3.8) is 0 Å². The standard InChI is InChI=1S/C30H34O2/c1-29(2,3)26-15-16-27(32-8)25-18-20(10-13-24(25)26)22-12-9-19-17-21(31-7)11-14-23(19)28(22)30(4,5)6/h9-18H,1-8H3. The van der Waals surface area contributed by atoms with Crippen LogP contribution in [0.3, 0.4) is 0 Å². The highest BCUT2D eigenvalue weighted by molar-refractivity contribution is 5.98. The molecule has 4 rings (SSSR count). The minimum Gasteiger partial charge on any atom is -0.497 e. The van der Waals surface area contributed by atoms with Gasteiger partial charge in [-0.2, -0.15) is 0 Å². The van der Waals surface area contributed by atoms with E-state index in [0.717, 1.165) is 16.9 Å². The summed E-state index contributed by atoms with van der Waals surface area (Å²) in [7, 11) is 3.47. The van der Waals surface area contributed by atoms with Crippen molar-refractivity contribution in [2.24, 2.45) is 0 Å². The lowest BCUT2D eigenvalue weighted by Gasteiger charge is -2.26. The van der Waals surface area contributed by atoms with Gasteiger partial charge >= 0.3 is 0 Å². The number of hydrogen-bond donors (Lipinski definition) is 0. The minimum atomic E-state index is -0.0181. The van der Waals surface area contributed by atoms with Crippen LogP contribution >= 0.6 is 0 Å². The quantitative estimate of drug-likeness (QED) is 0.328. The summed E-state index contributed by atoms with van der Waals surface area (Å²) in [5, 5.41) is 4.88. The highest BCUT2D eigenvalue weighted by Crippen LogP contribution is 2.42. The van der Waals surface area contributed by atoms with Crippen LogP contribution in [0.1, 0.15) is 52.7 Å². The van der Waals surface area contributed by atoms with Crippen molar-refractivity contribution in [3.05, 3.63) is 71.8 Å². The molecule has 0 N–H and O–H groups in total. The van der Waals surface area contributed by atoms with Crippen LogP contribution in [0.4, 0.5) is 0 Å². The highest BCUT2D eigenvalue weighted by atomic mass is 16.5. The first-order valence-corrected chi connectivity index (χ1v) is 11.3. The second kappa shape index (κ2) is 7.85. The molecule has 0 fully saturated rings. The molecule has 0 saturated heterocycles. The molecule has 0 aromatic heterocycles. The van der Waals surface area contributed by atoms with Crippen LogP contribution in [0.2, 0.25) is 0 Å². The zero-order chi connectivity index (χ0) is 23.3. The summed E-state index contributed by atoms with van der Waals surface area (Å²) in [5.74, 6) is 1.80. The maximum absolute atomic E-state index is 5.77. The van der Waals surface area contributed by atoms with Gasteiger partial charge in [-0.15, -0.1) is 0 Å². The Bertz CT molecular complexity index is 1300. The molecule has 2 heteroatoms. The van der Waals surface area contributed by atoms with Crippen molar-refractivity contribution in [3.8, 4) is 22.6 Å². The van der Waals surface area contributed by atoms with Crippen molar-refractivity contribution in [2.75, 3.05) is 14.2 Å². The molecule has 4 aromatic rings. The summed E-state index contributed by atoms with van der Waals surface area (Å²) in [6.45, 7) is 13.6. The number of benzene rings is 4. The summed E-state index contributed by atoms with van der Waals surface area (Å²) in [4.78, 5) is 0. The molecule has 0 bridgehead atoms. The van der Waals surface area contributed by atoms with Crippen molar-refractivity contribution < 1.29 is 9.47 Å². The Kier molecular flexibility index (Phi) is 5.45. The topological polar surface area (TPSA) is 18.5 Å². The first kappa shape index (κ1) is 22.2. The van der Waals surface area contributed by atoms with Crippen LogP contribution in [0.25, 0.3) is 32.7 Å². The van der Waals surface area contributed by atoms with E-state index < -0.39 is 0 Å². The van der Waals surface area contributed by atoms with E-state index in [1.165, 1.54) is 38.4 Å². The second-order valence-electron chi connectivity index (χ2n) is 10.7. The molecule has 0 atom stereocenters. The molecule has 0 unspecified atom stereocenters. The summed E-state index contributed by atoms with van der Waals surface area (Å²) in [6.07, 6.45) is 0. The van der Waals surface area contributed by atoms with Crippen LogP contribution in [-0.4, -0.2) is 14.2 Å². The fourth-order valence-corrected chi connectivity index (χ4v) is 4.80. The van der Waals surface area contributed by atoms with Gasteiger partial charge in [0.05, 0.1) is 14.2 Å². The lowest BCUT2D eigenvalue weighted by Crippen LogP contribution is -2.14. The maximum atomic E-state index is 5.77. The van der Waals surface area contributed by atoms with Gasteiger partial charge in [-0.25, -0.2) is 0 Å². The summed E-state index contributed by atoms with van der Waals surface area (Å²) in [6, 6.07) is 21.9. The molecule has 0 amide bonds. The van der Waals surface area contributed by atoms with E-state index in [4.69, 9.17) is 9.47 Å². The van der Waals surface area contributed by atoms with E-state index in [1.807, 2.05) is 0 Å². The minimum absolute atomic E-state index is 0.0181. The molecular weight excluding hydrogens is 392 g/mol. The Labute approximate surface area is 192 Å². The van der Waals surface area contributed by atoms with E-state index in [0.29, 0.717) is 0 Å². The van der Waals surface area contributed by atoms with Crippen molar-refractivity contribution in [2.45, 2.75) is 52.4 Å². The fourth-order valence-electron chi connectivity index (χ4n) is 4.80. The van der Waals surface area contributed by atoms with Crippen LogP contribution in [0, 0.1) is 0 Å². The molecule has 0 aliphatic heterocycles. The largest absolute Gasteiger partial charge is 0.497 e. The van der Waals surface area contributed by atoms with Crippen LogP contribution in [0.5, 0.6) is 11.5 Å². The number of hydrogen-bond acceptors (Lipinski definition) is 2. The van der Waals surface area contributed by atoms with Crippen molar-refractivity contribution >= 4 is 21.5 Å². The zero-order valence-corrected chi connectivity index (χ0v) is 20.6. The van der Waals surface area contributed by atoms with Gasteiger partial charge in [-0.1, -0.05) is 77.9 Å². The van der Waals surface area contributed by atoms with Crippen molar-refractivity contribution in [1.29, 1.82) is 0 Å². The SMILES string of the molecule is COc1ccc2c(C(C)(C)C)c(-c3ccc4c(C(C)(C)C)ccc(OC)c4c3)ccc2c1. The van der Waals surface area contributed by atoms with Crippen LogP contribution < -0.4 is 9.47 Å². The Balaban J connectivity index is 2.03. The van der Waals surface area contributed by atoms with Crippen LogP contribution in [0.15, 0.2) is 60.7 Å². The van der Waals surface area contributed by atoms with Gasteiger partial charge in [0.15, 0.2) is 0 Å². The molecule has 0 aliphatic carbocycles. The van der Waals surface area contributed by atoms with Gasteiger partial charge < -0.3 is 9.47 Å². The smallest absolute Gasteiger partial charge is 0.126 e. The molecule has 166 valence electrons. The molecule has 0 heterocycles. The average molecular weight is 427 g/mol. The van der Waals surface area contributed by atoms with Gasteiger partial charge in [0.25, 0.3) is 0 Å². The Morgan fingerprint density at radius 3 is 1.94 bits per heavy atom. The molecule has 2 nitrogen and oxygen atoms in total. The lowest BCUT2D eigenvalue weighted by molar-refractivity contribution is 0.415. The van der Waals surface area contributed by atoms with Crippen LogP contribution in [-0.2, 0) is 10.8 Å². The number of methoxy groups -OCH3 is 2. The highest BCUT2D eigenvalue weighted by Gasteiger charge is 2.23. The number of rotatable bonds is 3. The van der Waals surface area contributed by atoms with Gasteiger partial charge in [-0.3, -0.25) is 0 Å². The van der Waals surface area contributed by atoms with E-state index >= 15 is 0 Å². The number of ether oxygens (including phenoxy) is 2. The summed E-state index contributed by atoms with van der Waals surface area (Å²) >= 11 is 0. The third-order valence-electron chi connectivity index (χ3n) is 6.29. The second-order valence-corrected chi connectivity index (χ2v) is 10.7. The first-order chi connectivity index (χ1) is 15.0. The molecule has 0 spiro atoms. The van der Waals surface area contributed by atoms with E-state index in [1.54, 1.807) is 14.2 Å². The average Bonchev–Trinajstić information content (AvgIpc) is 2.75. The fraction of sp³-hybridized carbons (Fsp3) is 0.333. The third kappa shape index (κ3) is 3.83. The Morgan fingerprint density at radius 1 is 0.594 bits per heavy atom. The van der Waals surface area contributed by atoms with E-state index in [2.05, 4.69) is 102 Å². The third-order valence-corrected chi connectivity index (χ3v) is 6.29. The van der Waals surface area contributed by atoms with Gasteiger partial charge in [0, 0.05) is 5.39 Å². The van der Waals surface area contributed by atoms with Crippen molar-refractivity contribution in [1.82, 2.24) is 0 Å². The number of fused-ring (bicyclic) bond motifs is 2. The van der Waals surface area contributed by atoms with Gasteiger partial charge in [0.2, 0.25) is 0 Å². The molecule has 4 aromatic carbocycles. The Hall–Kier alpha value is -3.00. The zero-order valence-electron chi connectivity index (χ0n) is 20.6. The van der Waals surface area contributed by atoms with Gasteiger partial charge in [0.1, 0.15) is 11.5 Å². The maximum Gasteiger partial charge on any atom is 0.126 e. The molecular formula is C30H34O2. The monoisotopic (exact) mass is 426 g/mol. The first-order valence-electron chi connectivity index (χ1n) is 11.3. The van der Waals surface area contributed by atoms with Gasteiger partial charge in [-0.05, 0) is 73.5 Å². The van der Waals surface area contributed by atoms with E-state index in [-0.39, 0.29) is 10.8 Å². The lowest BCUT2D eigenvalue weighted by atomic mass is 9.78. The normalized spacial score (nSPS) is 12.4. The molecule has 32 heavy (non-hydrogen) atoms. The summed E-state index contributed by atoms with van der Waals surface area (Å²) in [5.41, 5.74) is 5.20. The van der Waals surface area contributed by atoms with E-state index in [9.17, 15) is 0 Å². The molecule has 0 aliphatic rings. The predicted octanol–water partition coefficient (Wildman–Crippen LogP) is 8.27. The molecule has 0 saturated carbocycles. The predicted molar refractivity (Wildman–Crippen MR) is 137 cm³/mol. The molecule has 0 radical (unpaired) electrons. The Morgan fingerprint density at radius 2 is 1.31 bits per heavy atom.